The fourth-order valence-corrected chi connectivity index (χ4v) is 4.18. The topological polar surface area (TPSA) is 66.9 Å². The van der Waals surface area contributed by atoms with Crippen molar-refractivity contribution in [3.05, 3.63) is 34.7 Å². The quantitative estimate of drug-likeness (QED) is 0.566. The van der Waals surface area contributed by atoms with Crippen molar-refractivity contribution in [1.82, 2.24) is 4.90 Å². The molecule has 2 fully saturated rings. The monoisotopic (exact) mass is 388 g/mol. The van der Waals surface area contributed by atoms with E-state index < -0.39 is 23.2 Å². The van der Waals surface area contributed by atoms with Crippen LogP contribution in [0.15, 0.2) is 29.2 Å². The summed E-state index contributed by atoms with van der Waals surface area (Å²) in [6, 6.07) is 7.06. The van der Waals surface area contributed by atoms with E-state index in [-0.39, 0.29) is 6.61 Å². The van der Waals surface area contributed by atoms with Gasteiger partial charge in [-0.2, -0.15) is 0 Å². The maximum atomic E-state index is 12.6. The molecule has 2 aliphatic rings. The van der Waals surface area contributed by atoms with Gasteiger partial charge in [0.25, 0.3) is 11.1 Å². The lowest BCUT2D eigenvalue weighted by Crippen LogP contribution is -2.42. The molecule has 2 saturated heterocycles. The van der Waals surface area contributed by atoms with Gasteiger partial charge in [-0.3, -0.25) is 14.5 Å². The van der Waals surface area contributed by atoms with Crippen LogP contribution >= 0.6 is 11.8 Å². The van der Waals surface area contributed by atoms with Crippen LogP contribution in [0, 0.1) is 0 Å². The Kier molecular flexibility index (Phi) is 6.21. The first kappa shape index (κ1) is 19.5. The van der Waals surface area contributed by atoms with Crippen LogP contribution in [0.5, 0.6) is 0 Å². The van der Waals surface area contributed by atoms with Crippen molar-refractivity contribution in [3.8, 4) is 0 Å². The first-order valence-electron chi connectivity index (χ1n) is 9.30. The van der Waals surface area contributed by atoms with E-state index in [0.29, 0.717) is 4.91 Å². The molecule has 2 heterocycles. The molecule has 0 bridgehead atoms. The molecule has 2 amide bonds. The van der Waals surface area contributed by atoms with Gasteiger partial charge in [0.05, 0.1) is 11.5 Å². The zero-order valence-electron chi connectivity index (χ0n) is 15.6. The number of amides is 2. The van der Waals surface area contributed by atoms with E-state index in [9.17, 15) is 14.4 Å². The molecule has 0 aromatic heterocycles. The van der Waals surface area contributed by atoms with Crippen LogP contribution in [0.3, 0.4) is 0 Å². The van der Waals surface area contributed by atoms with Gasteiger partial charge in [0, 0.05) is 18.8 Å². The standard InChI is InChI=1S/C20H24N2O4S/c1-3-26-19(24)14(2)22-18(23)17(27-20(22)25)13-15-7-9-16(10-8-15)21-11-5-4-6-12-21/h7-10,13-14H,3-6,11-12H2,1-2H3. The van der Waals surface area contributed by atoms with Gasteiger partial charge < -0.3 is 9.64 Å². The maximum Gasteiger partial charge on any atom is 0.329 e. The molecule has 1 aromatic carbocycles. The molecule has 0 saturated carbocycles. The number of imide groups is 1. The average Bonchev–Trinajstić information content (AvgIpc) is 2.96. The van der Waals surface area contributed by atoms with Gasteiger partial charge in [0.2, 0.25) is 0 Å². The van der Waals surface area contributed by atoms with Crippen molar-refractivity contribution < 1.29 is 19.1 Å². The number of hydrogen-bond acceptors (Lipinski definition) is 6. The van der Waals surface area contributed by atoms with Crippen LogP contribution in [0.1, 0.15) is 38.7 Å². The normalized spacial score (nSPS) is 20.3. The summed E-state index contributed by atoms with van der Waals surface area (Å²) < 4.78 is 4.92. The Morgan fingerprint density at radius 3 is 2.48 bits per heavy atom. The zero-order chi connectivity index (χ0) is 19.4. The Morgan fingerprint density at radius 1 is 1.19 bits per heavy atom. The van der Waals surface area contributed by atoms with E-state index >= 15 is 0 Å². The molecule has 1 unspecified atom stereocenters. The molecule has 144 valence electrons. The summed E-state index contributed by atoms with van der Waals surface area (Å²) in [6.07, 6.45) is 5.42. The molecule has 0 N–H and O–H groups in total. The van der Waals surface area contributed by atoms with Gasteiger partial charge in [-0.25, -0.2) is 4.79 Å². The van der Waals surface area contributed by atoms with Crippen LogP contribution < -0.4 is 4.90 Å². The highest BCUT2D eigenvalue weighted by Crippen LogP contribution is 2.34. The second kappa shape index (κ2) is 8.61. The summed E-state index contributed by atoms with van der Waals surface area (Å²) in [7, 11) is 0. The van der Waals surface area contributed by atoms with Gasteiger partial charge >= 0.3 is 5.97 Å². The Labute approximate surface area is 163 Å². The number of piperidine rings is 1. The van der Waals surface area contributed by atoms with Crippen molar-refractivity contribution >= 4 is 40.6 Å². The average molecular weight is 388 g/mol. The molecule has 0 radical (unpaired) electrons. The number of carbonyl (C=O) groups is 3. The molecule has 27 heavy (non-hydrogen) atoms. The fraction of sp³-hybridized carbons (Fsp3) is 0.450. The van der Waals surface area contributed by atoms with Crippen molar-refractivity contribution in [3.63, 3.8) is 0 Å². The Balaban J connectivity index is 1.72. The third kappa shape index (κ3) is 4.35. The second-order valence-electron chi connectivity index (χ2n) is 6.62. The number of esters is 1. The molecule has 1 atom stereocenters. The van der Waals surface area contributed by atoms with Gasteiger partial charge in [-0.15, -0.1) is 0 Å². The third-order valence-electron chi connectivity index (χ3n) is 4.75. The molecule has 6 nitrogen and oxygen atoms in total. The van der Waals surface area contributed by atoms with Gasteiger partial charge in [0.15, 0.2) is 0 Å². The third-order valence-corrected chi connectivity index (χ3v) is 5.63. The van der Waals surface area contributed by atoms with E-state index in [4.69, 9.17) is 4.74 Å². The van der Waals surface area contributed by atoms with Crippen LogP contribution in [0.4, 0.5) is 10.5 Å². The lowest BCUT2D eigenvalue weighted by atomic mass is 10.1. The molecule has 0 spiro atoms. The minimum atomic E-state index is -0.926. The van der Waals surface area contributed by atoms with Gasteiger partial charge in [0.1, 0.15) is 6.04 Å². The molecule has 7 heteroatoms. The summed E-state index contributed by atoms with van der Waals surface area (Å²) in [5.41, 5.74) is 2.03. The van der Waals surface area contributed by atoms with Crippen LogP contribution in [0.2, 0.25) is 0 Å². The van der Waals surface area contributed by atoms with Crippen molar-refractivity contribution in [2.24, 2.45) is 0 Å². The van der Waals surface area contributed by atoms with Crippen LogP contribution in [-0.4, -0.2) is 47.8 Å². The van der Waals surface area contributed by atoms with E-state index in [1.807, 2.05) is 24.3 Å². The largest absolute Gasteiger partial charge is 0.464 e. The molecular formula is C20H24N2O4S. The molecular weight excluding hydrogens is 364 g/mol. The number of hydrogen-bond donors (Lipinski definition) is 0. The number of nitrogens with zero attached hydrogens (tertiary/aromatic N) is 2. The van der Waals surface area contributed by atoms with Crippen LogP contribution in [0.25, 0.3) is 6.08 Å². The predicted molar refractivity (Wildman–Crippen MR) is 106 cm³/mol. The lowest BCUT2D eigenvalue weighted by molar-refractivity contribution is -0.150. The minimum Gasteiger partial charge on any atom is -0.464 e. The number of carbonyl (C=O) groups excluding carboxylic acids is 3. The minimum absolute atomic E-state index is 0.207. The number of ether oxygens (including phenoxy) is 1. The maximum absolute atomic E-state index is 12.6. The first-order chi connectivity index (χ1) is 13.0. The predicted octanol–water partition coefficient (Wildman–Crippen LogP) is 3.66. The summed E-state index contributed by atoms with van der Waals surface area (Å²) in [5.74, 6) is -1.03. The smallest absolute Gasteiger partial charge is 0.329 e. The Morgan fingerprint density at radius 2 is 1.85 bits per heavy atom. The zero-order valence-corrected chi connectivity index (χ0v) is 16.5. The van der Waals surface area contributed by atoms with Crippen LogP contribution in [-0.2, 0) is 14.3 Å². The Hall–Kier alpha value is -2.28. The summed E-state index contributed by atoms with van der Waals surface area (Å²) >= 11 is 0.853. The number of benzene rings is 1. The fourth-order valence-electron chi connectivity index (χ4n) is 3.27. The molecule has 3 rings (SSSR count). The van der Waals surface area contributed by atoms with E-state index in [1.165, 1.54) is 31.9 Å². The molecule has 0 aliphatic carbocycles. The summed E-state index contributed by atoms with van der Waals surface area (Å²) in [6.45, 7) is 5.54. The highest BCUT2D eigenvalue weighted by molar-refractivity contribution is 8.18. The molecule has 1 aromatic rings. The Bertz CT molecular complexity index is 754. The highest BCUT2D eigenvalue weighted by Gasteiger charge is 2.41. The number of anilines is 1. The van der Waals surface area contributed by atoms with Gasteiger partial charge in [-0.05, 0) is 68.6 Å². The van der Waals surface area contributed by atoms with E-state index in [2.05, 4.69) is 4.90 Å². The first-order valence-corrected chi connectivity index (χ1v) is 10.1. The van der Waals surface area contributed by atoms with Crippen molar-refractivity contribution in [2.75, 3.05) is 24.6 Å². The number of thioether (sulfide) groups is 1. The van der Waals surface area contributed by atoms with E-state index in [0.717, 1.165) is 35.3 Å². The van der Waals surface area contributed by atoms with Gasteiger partial charge in [-0.1, -0.05) is 12.1 Å². The molecule has 2 aliphatic heterocycles. The van der Waals surface area contributed by atoms with Crippen molar-refractivity contribution in [2.45, 2.75) is 39.2 Å². The number of rotatable bonds is 5. The second-order valence-corrected chi connectivity index (χ2v) is 7.61. The SMILES string of the molecule is CCOC(=O)C(C)N1C(=O)SC(=Cc2ccc(N3CCCCC3)cc2)C1=O. The summed E-state index contributed by atoms with van der Waals surface area (Å²) in [5, 5.41) is -0.447. The highest BCUT2D eigenvalue weighted by atomic mass is 32.2. The van der Waals surface area contributed by atoms with E-state index in [1.54, 1.807) is 13.0 Å². The lowest BCUT2D eigenvalue weighted by Gasteiger charge is -2.28. The van der Waals surface area contributed by atoms with Crippen molar-refractivity contribution in [1.29, 1.82) is 0 Å². The summed E-state index contributed by atoms with van der Waals surface area (Å²) in [4.78, 5) is 40.3.